The average molecular weight is 397 g/mol. The summed E-state index contributed by atoms with van der Waals surface area (Å²) in [5, 5.41) is 6.41. The fourth-order valence-electron chi connectivity index (χ4n) is 2.39. The van der Waals surface area contributed by atoms with E-state index in [-0.39, 0.29) is 18.8 Å². The van der Waals surface area contributed by atoms with Crippen molar-refractivity contribution >= 4 is 29.2 Å². The van der Waals surface area contributed by atoms with Crippen LogP contribution < -0.4 is 20.1 Å². The third-order valence-corrected chi connectivity index (χ3v) is 4.16. The number of hydrogen-bond donors (Lipinski definition) is 2. The third-order valence-electron chi connectivity index (χ3n) is 3.63. The summed E-state index contributed by atoms with van der Waals surface area (Å²) in [5.41, 5.74) is 2.02. The maximum Gasteiger partial charge on any atom is 0.317 e. The van der Waals surface area contributed by atoms with E-state index >= 15 is 0 Å². The van der Waals surface area contributed by atoms with E-state index in [1.165, 1.54) is 0 Å². The molecule has 2 aromatic rings. The van der Waals surface area contributed by atoms with Crippen molar-refractivity contribution in [3.63, 3.8) is 0 Å². The Bertz CT molecular complexity index is 768. The van der Waals surface area contributed by atoms with Crippen LogP contribution in [0.25, 0.3) is 0 Å². The van der Waals surface area contributed by atoms with E-state index in [9.17, 15) is 4.79 Å². The maximum atomic E-state index is 12.1. The Balaban J connectivity index is 1.90. The van der Waals surface area contributed by atoms with Crippen molar-refractivity contribution in [2.75, 3.05) is 13.3 Å². The molecule has 26 heavy (non-hydrogen) atoms. The standard InChI is InChI=1S/C19H22Cl2N2O3/c1-4-25-17-7-5-12(2)9-15(17)13(3)23-19(24)22-11-26-18-8-6-14(20)10-16(18)21/h5-10,13H,4,11H2,1-3H3,(H2,22,23,24). The maximum absolute atomic E-state index is 12.1. The summed E-state index contributed by atoms with van der Waals surface area (Å²) in [6.45, 7) is 6.36. The van der Waals surface area contributed by atoms with Crippen LogP contribution in [0.3, 0.4) is 0 Å². The zero-order chi connectivity index (χ0) is 19.1. The van der Waals surface area contributed by atoms with Crippen LogP contribution in [-0.2, 0) is 0 Å². The first kappa shape index (κ1) is 20.2. The molecule has 2 amide bonds. The Morgan fingerprint density at radius 1 is 1.12 bits per heavy atom. The molecule has 7 heteroatoms. The number of amides is 2. The third kappa shape index (κ3) is 5.71. The van der Waals surface area contributed by atoms with Gasteiger partial charge in [0.25, 0.3) is 0 Å². The molecule has 0 saturated heterocycles. The summed E-state index contributed by atoms with van der Waals surface area (Å²) >= 11 is 11.9. The summed E-state index contributed by atoms with van der Waals surface area (Å²) in [6, 6.07) is 10.2. The number of aryl methyl sites for hydroxylation is 1. The summed E-state index contributed by atoms with van der Waals surface area (Å²) in [5.74, 6) is 1.21. The van der Waals surface area contributed by atoms with Crippen molar-refractivity contribution in [2.24, 2.45) is 0 Å². The molecule has 0 aromatic heterocycles. The first-order valence-corrected chi connectivity index (χ1v) is 9.02. The van der Waals surface area contributed by atoms with Gasteiger partial charge in [-0.25, -0.2) is 4.79 Å². The molecule has 0 aliphatic heterocycles. The SMILES string of the molecule is CCOc1ccc(C)cc1C(C)NC(=O)NCOc1ccc(Cl)cc1Cl. The number of rotatable bonds is 7. The molecular weight excluding hydrogens is 375 g/mol. The minimum absolute atomic E-state index is 0.0218. The predicted octanol–water partition coefficient (Wildman–Crippen LogP) is 5.10. The van der Waals surface area contributed by atoms with E-state index in [1.54, 1.807) is 18.2 Å². The molecule has 2 aromatic carbocycles. The quantitative estimate of drug-likeness (QED) is 0.640. The van der Waals surface area contributed by atoms with Crippen molar-refractivity contribution in [3.05, 3.63) is 57.6 Å². The minimum Gasteiger partial charge on any atom is -0.494 e. The van der Waals surface area contributed by atoms with E-state index in [4.69, 9.17) is 32.7 Å². The monoisotopic (exact) mass is 396 g/mol. The number of benzene rings is 2. The van der Waals surface area contributed by atoms with E-state index in [0.717, 1.165) is 16.9 Å². The van der Waals surface area contributed by atoms with Crippen molar-refractivity contribution in [3.8, 4) is 11.5 Å². The summed E-state index contributed by atoms with van der Waals surface area (Å²) in [7, 11) is 0. The van der Waals surface area contributed by atoms with E-state index < -0.39 is 0 Å². The molecule has 0 fully saturated rings. The fraction of sp³-hybridized carbons (Fsp3) is 0.316. The highest BCUT2D eigenvalue weighted by molar-refractivity contribution is 6.35. The van der Waals surface area contributed by atoms with Gasteiger partial charge in [0.2, 0.25) is 0 Å². The molecule has 0 radical (unpaired) electrons. The van der Waals surface area contributed by atoms with Gasteiger partial charge >= 0.3 is 6.03 Å². The van der Waals surface area contributed by atoms with E-state index in [2.05, 4.69) is 10.6 Å². The van der Waals surface area contributed by atoms with Crippen LogP contribution in [0.5, 0.6) is 11.5 Å². The summed E-state index contributed by atoms with van der Waals surface area (Å²) in [6.07, 6.45) is 0. The van der Waals surface area contributed by atoms with E-state index in [1.807, 2.05) is 39.0 Å². The van der Waals surface area contributed by atoms with Gasteiger partial charge in [-0.2, -0.15) is 0 Å². The van der Waals surface area contributed by atoms with Crippen LogP contribution in [0, 0.1) is 6.92 Å². The lowest BCUT2D eigenvalue weighted by Crippen LogP contribution is -2.39. The molecule has 0 spiro atoms. The average Bonchev–Trinajstić information content (AvgIpc) is 2.58. The van der Waals surface area contributed by atoms with Crippen molar-refractivity contribution in [1.29, 1.82) is 0 Å². The first-order valence-electron chi connectivity index (χ1n) is 8.26. The number of urea groups is 1. The Kier molecular flexibility index (Phi) is 7.42. The molecule has 140 valence electrons. The summed E-state index contributed by atoms with van der Waals surface area (Å²) in [4.78, 5) is 12.1. The van der Waals surface area contributed by atoms with Gasteiger partial charge in [0.1, 0.15) is 11.5 Å². The molecule has 1 atom stereocenters. The number of carbonyl (C=O) groups is 1. The largest absolute Gasteiger partial charge is 0.494 e. The van der Waals surface area contributed by atoms with Gasteiger partial charge in [-0.3, -0.25) is 0 Å². The molecule has 5 nitrogen and oxygen atoms in total. The van der Waals surface area contributed by atoms with Crippen LogP contribution in [0.1, 0.15) is 31.0 Å². The molecule has 0 bridgehead atoms. The topological polar surface area (TPSA) is 59.6 Å². The predicted molar refractivity (Wildman–Crippen MR) is 104 cm³/mol. The van der Waals surface area contributed by atoms with Crippen molar-refractivity contribution in [2.45, 2.75) is 26.8 Å². The second-order valence-corrected chi connectivity index (χ2v) is 6.55. The van der Waals surface area contributed by atoms with Gasteiger partial charge in [-0.1, -0.05) is 40.9 Å². The lowest BCUT2D eigenvalue weighted by atomic mass is 10.0. The molecule has 0 aliphatic rings. The molecule has 1 unspecified atom stereocenters. The number of carbonyl (C=O) groups excluding carboxylic acids is 1. The van der Waals surface area contributed by atoms with Gasteiger partial charge in [0.05, 0.1) is 17.7 Å². The normalized spacial score (nSPS) is 11.6. The Hall–Kier alpha value is -2.11. The van der Waals surface area contributed by atoms with Crippen LogP contribution in [-0.4, -0.2) is 19.4 Å². The number of hydrogen-bond acceptors (Lipinski definition) is 3. The Labute approximate surface area is 163 Å². The van der Waals surface area contributed by atoms with Gasteiger partial charge in [-0.15, -0.1) is 0 Å². The number of nitrogens with one attached hydrogen (secondary N) is 2. The van der Waals surface area contributed by atoms with Gasteiger partial charge < -0.3 is 20.1 Å². The number of halogens is 2. The molecular formula is C19H22Cl2N2O3. The lowest BCUT2D eigenvalue weighted by Gasteiger charge is -2.19. The smallest absolute Gasteiger partial charge is 0.317 e. The van der Waals surface area contributed by atoms with Crippen LogP contribution >= 0.6 is 23.2 Å². The minimum atomic E-state index is -0.355. The van der Waals surface area contributed by atoms with Gasteiger partial charge in [-0.05, 0) is 45.0 Å². The molecule has 0 aliphatic carbocycles. The molecule has 0 saturated carbocycles. The second-order valence-electron chi connectivity index (χ2n) is 5.71. The molecule has 2 rings (SSSR count). The van der Waals surface area contributed by atoms with Gasteiger partial charge in [0, 0.05) is 10.6 Å². The van der Waals surface area contributed by atoms with Crippen molar-refractivity contribution in [1.82, 2.24) is 10.6 Å². The zero-order valence-electron chi connectivity index (χ0n) is 14.9. The fourth-order valence-corrected chi connectivity index (χ4v) is 2.85. The first-order chi connectivity index (χ1) is 12.4. The molecule has 0 heterocycles. The summed E-state index contributed by atoms with van der Waals surface area (Å²) < 4.78 is 11.1. The highest BCUT2D eigenvalue weighted by atomic mass is 35.5. The highest BCUT2D eigenvalue weighted by Crippen LogP contribution is 2.28. The lowest BCUT2D eigenvalue weighted by molar-refractivity contribution is 0.221. The zero-order valence-corrected chi connectivity index (χ0v) is 16.4. The Morgan fingerprint density at radius 3 is 2.54 bits per heavy atom. The Morgan fingerprint density at radius 2 is 1.85 bits per heavy atom. The second kappa shape index (κ2) is 9.55. The highest BCUT2D eigenvalue weighted by Gasteiger charge is 2.14. The van der Waals surface area contributed by atoms with Crippen molar-refractivity contribution < 1.29 is 14.3 Å². The van der Waals surface area contributed by atoms with E-state index in [0.29, 0.717) is 22.4 Å². The van der Waals surface area contributed by atoms with Gasteiger partial charge in [0.15, 0.2) is 6.73 Å². The molecule has 2 N–H and O–H groups in total. The number of ether oxygens (including phenoxy) is 2. The van der Waals surface area contributed by atoms with Crippen LogP contribution in [0.2, 0.25) is 10.0 Å². The van der Waals surface area contributed by atoms with Crippen LogP contribution in [0.4, 0.5) is 4.79 Å². The van der Waals surface area contributed by atoms with Crippen LogP contribution in [0.15, 0.2) is 36.4 Å².